The lowest BCUT2D eigenvalue weighted by Gasteiger charge is -2.30. The van der Waals surface area contributed by atoms with Gasteiger partial charge in [-0.1, -0.05) is 12.8 Å². The molecule has 0 aromatic heterocycles. The molecule has 4 nitrogen and oxygen atoms in total. The molecule has 1 aliphatic carbocycles. The first-order valence-corrected chi connectivity index (χ1v) is 8.26. The normalized spacial score (nSPS) is 27.9. The number of rotatable bonds is 5. The molecule has 90 valence electrons. The fourth-order valence-corrected chi connectivity index (χ4v) is 4.15. The Labute approximate surface area is 96.4 Å². The molecule has 0 aliphatic heterocycles. The van der Waals surface area contributed by atoms with Gasteiger partial charge in [-0.05, 0) is 19.1 Å². The highest BCUT2D eigenvalue weighted by atomic mass is 32.2. The minimum Gasteiger partial charge on any atom is -0.329 e. The zero-order chi connectivity index (χ0) is 11.3. The van der Waals surface area contributed by atoms with Crippen molar-refractivity contribution in [2.24, 2.45) is 5.73 Å². The molecule has 0 aromatic carbocycles. The largest absolute Gasteiger partial charge is 0.329 e. The van der Waals surface area contributed by atoms with Gasteiger partial charge in [0.25, 0.3) is 0 Å². The van der Waals surface area contributed by atoms with Gasteiger partial charge in [0.15, 0.2) is 0 Å². The number of nitrogens with two attached hydrogens (primary N) is 1. The lowest BCUT2D eigenvalue weighted by Crippen LogP contribution is -2.45. The summed E-state index contributed by atoms with van der Waals surface area (Å²) in [6.45, 7) is 0.186. The zero-order valence-corrected chi connectivity index (χ0v) is 10.7. The van der Waals surface area contributed by atoms with Crippen molar-refractivity contribution in [3.63, 3.8) is 0 Å². The summed E-state index contributed by atoms with van der Waals surface area (Å²) in [7, 11) is -3.16. The topological polar surface area (TPSA) is 72.2 Å². The van der Waals surface area contributed by atoms with Gasteiger partial charge in [0.2, 0.25) is 10.0 Å². The third-order valence-electron chi connectivity index (χ3n) is 2.72. The van der Waals surface area contributed by atoms with Gasteiger partial charge in [0, 0.05) is 17.8 Å². The Hall–Kier alpha value is 0.220. The first kappa shape index (κ1) is 13.3. The first-order valence-electron chi connectivity index (χ1n) is 5.32. The molecule has 0 aromatic rings. The Kier molecular flexibility index (Phi) is 5.38. The molecular weight excluding hydrogens is 232 g/mol. The van der Waals surface area contributed by atoms with Crippen LogP contribution in [0.1, 0.15) is 25.7 Å². The summed E-state index contributed by atoms with van der Waals surface area (Å²) in [6, 6.07) is 0.102. The Morgan fingerprint density at radius 3 is 2.67 bits per heavy atom. The SMILES string of the molecule is CSC1CCCCC1NS(=O)(=O)CCN. The average Bonchev–Trinajstić information content (AvgIpc) is 2.17. The van der Waals surface area contributed by atoms with E-state index in [2.05, 4.69) is 4.72 Å². The van der Waals surface area contributed by atoms with Gasteiger partial charge in [0.1, 0.15) is 0 Å². The second-order valence-electron chi connectivity index (χ2n) is 3.89. The maximum atomic E-state index is 11.6. The number of hydrogen-bond donors (Lipinski definition) is 2. The Morgan fingerprint density at radius 2 is 2.07 bits per heavy atom. The third-order valence-corrected chi connectivity index (χ3v) is 5.33. The molecule has 0 radical (unpaired) electrons. The van der Waals surface area contributed by atoms with E-state index < -0.39 is 10.0 Å². The Bertz CT molecular complexity index is 280. The molecule has 15 heavy (non-hydrogen) atoms. The quantitative estimate of drug-likeness (QED) is 0.749. The van der Waals surface area contributed by atoms with E-state index in [9.17, 15) is 8.42 Å². The lowest BCUT2D eigenvalue weighted by atomic mass is 9.96. The van der Waals surface area contributed by atoms with Crippen LogP contribution in [-0.4, -0.2) is 38.3 Å². The van der Waals surface area contributed by atoms with Gasteiger partial charge in [0.05, 0.1) is 5.75 Å². The van der Waals surface area contributed by atoms with Crippen LogP contribution in [-0.2, 0) is 10.0 Å². The molecule has 2 unspecified atom stereocenters. The van der Waals surface area contributed by atoms with Crippen molar-refractivity contribution in [1.82, 2.24) is 4.72 Å². The number of sulfonamides is 1. The van der Waals surface area contributed by atoms with E-state index in [1.165, 1.54) is 6.42 Å². The van der Waals surface area contributed by atoms with Crippen LogP contribution in [0.4, 0.5) is 0 Å². The molecular formula is C9H20N2O2S2. The number of thioether (sulfide) groups is 1. The summed E-state index contributed by atoms with van der Waals surface area (Å²) < 4.78 is 25.9. The van der Waals surface area contributed by atoms with Crippen LogP contribution < -0.4 is 10.5 Å². The van der Waals surface area contributed by atoms with Crippen LogP contribution in [0.3, 0.4) is 0 Å². The molecule has 2 atom stereocenters. The van der Waals surface area contributed by atoms with Crippen LogP contribution in [0.25, 0.3) is 0 Å². The summed E-state index contributed by atoms with van der Waals surface area (Å²) >= 11 is 1.75. The van der Waals surface area contributed by atoms with Crippen LogP contribution >= 0.6 is 11.8 Å². The monoisotopic (exact) mass is 252 g/mol. The van der Waals surface area contributed by atoms with Crippen molar-refractivity contribution in [3.05, 3.63) is 0 Å². The van der Waals surface area contributed by atoms with Gasteiger partial charge >= 0.3 is 0 Å². The number of hydrogen-bond acceptors (Lipinski definition) is 4. The molecule has 6 heteroatoms. The summed E-state index contributed by atoms with van der Waals surface area (Å²) in [6.07, 6.45) is 6.43. The standard InChI is InChI=1S/C9H20N2O2S2/c1-14-9-5-3-2-4-8(9)11-15(12,13)7-6-10/h8-9,11H,2-7,10H2,1H3. The first-order chi connectivity index (χ1) is 7.09. The molecule has 0 heterocycles. The van der Waals surface area contributed by atoms with E-state index in [0.717, 1.165) is 19.3 Å². The molecule has 1 fully saturated rings. The third kappa shape index (κ3) is 4.30. The highest BCUT2D eigenvalue weighted by molar-refractivity contribution is 7.99. The van der Waals surface area contributed by atoms with Crippen LogP contribution in [0.2, 0.25) is 0 Å². The van der Waals surface area contributed by atoms with Crippen molar-refractivity contribution in [3.8, 4) is 0 Å². The van der Waals surface area contributed by atoms with Crippen LogP contribution in [0.5, 0.6) is 0 Å². The van der Waals surface area contributed by atoms with E-state index >= 15 is 0 Å². The van der Waals surface area contributed by atoms with Gasteiger partial charge in [-0.2, -0.15) is 11.8 Å². The average molecular weight is 252 g/mol. The fourth-order valence-electron chi connectivity index (χ4n) is 1.96. The van der Waals surface area contributed by atoms with Crippen molar-refractivity contribution in [2.45, 2.75) is 37.0 Å². The van der Waals surface area contributed by atoms with E-state index in [-0.39, 0.29) is 18.3 Å². The molecule has 1 rings (SSSR count). The van der Waals surface area contributed by atoms with E-state index in [4.69, 9.17) is 5.73 Å². The fraction of sp³-hybridized carbons (Fsp3) is 1.00. The van der Waals surface area contributed by atoms with Crippen LogP contribution in [0, 0.1) is 0 Å². The predicted octanol–water partition coefficient (Wildman–Crippen LogP) is 0.539. The maximum Gasteiger partial charge on any atom is 0.213 e. The highest BCUT2D eigenvalue weighted by Gasteiger charge is 2.27. The maximum absolute atomic E-state index is 11.6. The Morgan fingerprint density at radius 1 is 1.40 bits per heavy atom. The van der Waals surface area contributed by atoms with Gasteiger partial charge in [-0.15, -0.1) is 0 Å². The summed E-state index contributed by atoms with van der Waals surface area (Å²) in [4.78, 5) is 0. The summed E-state index contributed by atoms with van der Waals surface area (Å²) in [5.74, 6) is 0.0323. The molecule has 0 saturated heterocycles. The van der Waals surface area contributed by atoms with Crippen molar-refractivity contribution in [2.75, 3.05) is 18.6 Å². The van der Waals surface area contributed by atoms with Gasteiger partial charge in [-0.25, -0.2) is 13.1 Å². The second-order valence-corrected chi connectivity index (χ2v) is 6.84. The van der Waals surface area contributed by atoms with Crippen molar-refractivity contribution < 1.29 is 8.42 Å². The van der Waals surface area contributed by atoms with E-state index in [1.54, 1.807) is 11.8 Å². The highest BCUT2D eigenvalue weighted by Crippen LogP contribution is 2.27. The summed E-state index contributed by atoms with van der Waals surface area (Å²) in [5.41, 5.74) is 5.26. The van der Waals surface area contributed by atoms with E-state index in [1.807, 2.05) is 6.26 Å². The smallest absolute Gasteiger partial charge is 0.213 e. The van der Waals surface area contributed by atoms with Gasteiger partial charge < -0.3 is 5.73 Å². The molecule has 0 spiro atoms. The van der Waals surface area contributed by atoms with Crippen LogP contribution in [0.15, 0.2) is 0 Å². The molecule has 1 aliphatic rings. The van der Waals surface area contributed by atoms with Gasteiger partial charge in [-0.3, -0.25) is 0 Å². The molecule has 0 amide bonds. The summed E-state index contributed by atoms with van der Waals surface area (Å²) in [5, 5.41) is 0.422. The molecule has 0 bridgehead atoms. The second kappa shape index (κ2) is 6.08. The minimum atomic E-state index is -3.16. The zero-order valence-electron chi connectivity index (χ0n) is 9.11. The van der Waals surface area contributed by atoms with E-state index in [0.29, 0.717) is 5.25 Å². The predicted molar refractivity (Wildman–Crippen MR) is 65.5 cm³/mol. The van der Waals surface area contributed by atoms with Crippen molar-refractivity contribution >= 4 is 21.8 Å². The molecule has 3 N–H and O–H groups in total. The lowest BCUT2D eigenvalue weighted by molar-refractivity contribution is 0.423. The Balaban J connectivity index is 2.54. The van der Waals surface area contributed by atoms with Crippen molar-refractivity contribution in [1.29, 1.82) is 0 Å². The minimum absolute atomic E-state index is 0.0323. The number of nitrogens with one attached hydrogen (secondary N) is 1. The molecule has 1 saturated carbocycles.